The Balaban J connectivity index is 1.29. The van der Waals surface area contributed by atoms with Crippen molar-refractivity contribution in [2.24, 2.45) is 0 Å². The number of aromatic nitrogens is 6. The van der Waals surface area contributed by atoms with E-state index in [1.54, 1.807) is 18.6 Å². The molecule has 9 heteroatoms. The molecule has 3 atom stereocenters. The molecule has 0 saturated heterocycles. The topological polar surface area (TPSA) is 107 Å². The van der Waals surface area contributed by atoms with Crippen LogP contribution < -0.4 is 10.6 Å². The molecule has 142 valence electrons. The molecule has 0 spiro atoms. The molecule has 3 heterocycles. The number of rotatable bonds is 6. The van der Waals surface area contributed by atoms with Gasteiger partial charge in [-0.25, -0.2) is 14.4 Å². The summed E-state index contributed by atoms with van der Waals surface area (Å²) in [6, 6.07) is 9.66. The van der Waals surface area contributed by atoms with Gasteiger partial charge in [-0.05, 0) is 37.1 Å². The first-order valence-corrected chi connectivity index (χ1v) is 9.15. The van der Waals surface area contributed by atoms with E-state index in [2.05, 4.69) is 46.8 Å². The van der Waals surface area contributed by atoms with Crippen molar-refractivity contribution in [2.45, 2.75) is 31.5 Å². The largest absolute Gasteiger partial charge is 0.348 e. The van der Waals surface area contributed by atoms with Gasteiger partial charge in [0.25, 0.3) is 0 Å². The van der Waals surface area contributed by atoms with Crippen LogP contribution in [0.25, 0.3) is 11.0 Å². The first kappa shape index (κ1) is 16.7. The number of anilines is 3. The highest BCUT2D eigenvalue weighted by molar-refractivity contribution is 5.75. The highest BCUT2D eigenvalue weighted by atomic mass is 19.1. The second-order valence-electron chi connectivity index (χ2n) is 7.00. The van der Waals surface area contributed by atoms with Gasteiger partial charge in [0.1, 0.15) is 12.0 Å². The van der Waals surface area contributed by atoms with Crippen LogP contribution in [0, 0.1) is 0 Å². The van der Waals surface area contributed by atoms with E-state index in [9.17, 15) is 4.39 Å². The van der Waals surface area contributed by atoms with Crippen LogP contribution in [0.1, 0.15) is 36.6 Å². The van der Waals surface area contributed by atoms with E-state index in [-0.39, 0.29) is 12.0 Å². The number of imidazole rings is 1. The zero-order valence-electron chi connectivity index (χ0n) is 15.1. The summed E-state index contributed by atoms with van der Waals surface area (Å²) in [5.74, 6) is 1.67. The van der Waals surface area contributed by atoms with Gasteiger partial charge in [-0.3, -0.25) is 5.10 Å². The van der Waals surface area contributed by atoms with Gasteiger partial charge in [-0.15, -0.1) is 0 Å². The summed E-state index contributed by atoms with van der Waals surface area (Å²) in [7, 11) is 0. The quantitative estimate of drug-likeness (QED) is 0.406. The zero-order valence-corrected chi connectivity index (χ0v) is 15.1. The molecular formula is C19H19FN8. The molecule has 0 amide bonds. The number of nitrogens with zero attached hydrogens (tertiary/aromatic N) is 4. The van der Waals surface area contributed by atoms with Crippen molar-refractivity contribution >= 4 is 28.6 Å². The van der Waals surface area contributed by atoms with Crippen molar-refractivity contribution in [3.05, 3.63) is 54.1 Å². The summed E-state index contributed by atoms with van der Waals surface area (Å²) in [6.45, 7) is 2.05. The first-order chi connectivity index (χ1) is 13.7. The van der Waals surface area contributed by atoms with Gasteiger partial charge in [0.05, 0.1) is 23.4 Å². The fourth-order valence-corrected chi connectivity index (χ4v) is 3.21. The van der Waals surface area contributed by atoms with Crippen LogP contribution in [0.2, 0.25) is 0 Å². The van der Waals surface area contributed by atoms with Gasteiger partial charge < -0.3 is 15.6 Å². The summed E-state index contributed by atoms with van der Waals surface area (Å²) >= 11 is 0. The maximum absolute atomic E-state index is 13.2. The lowest BCUT2D eigenvalue weighted by molar-refractivity contribution is 0.466. The molecule has 1 fully saturated rings. The normalized spacial score (nSPS) is 19.5. The average molecular weight is 378 g/mol. The van der Waals surface area contributed by atoms with Crippen LogP contribution in [0.5, 0.6) is 0 Å². The van der Waals surface area contributed by atoms with Gasteiger partial charge in [0, 0.05) is 23.9 Å². The molecule has 4 N–H and O–H groups in total. The Hall–Kier alpha value is -3.49. The number of benzene rings is 1. The van der Waals surface area contributed by atoms with Crippen LogP contribution in [0.3, 0.4) is 0 Å². The molecule has 1 saturated carbocycles. The van der Waals surface area contributed by atoms with Crippen LogP contribution in [0.15, 0.2) is 42.9 Å². The highest BCUT2D eigenvalue weighted by Crippen LogP contribution is 2.43. The minimum absolute atomic E-state index is 0.0105. The van der Waals surface area contributed by atoms with Crippen molar-refractivity contribution in [1.29, 1.82) is 0 Å². The average Bonchev–Trinajstić information content (AvgIpc) is 3.09. The third-order valence-electron chi connectivity index (χ3n) is 4.91. The van der Waals surface area contributed by atoms with Crippen molar-refractivity contribution in [3.8, 4) is 0 Å². The summed E-state index contributed by atoms with van der Waals surface area (Å²) in [5, 5.41) is 13.5. The molecule has 1 aromatic carbocycles. The van der Waals surface area contributed by atoms with Gasteiger partial charge in [0.2, 0.25) is 5.95 Å². The Morgan fingerprint density at radius 2 is 2.07 bits per heavy atom. The molecule has 8 nitrogen and oxygen atoms in total. The summed E-state index contributed by atoms with van der Waals surface area (Å²) < 4.78 is 13.2. The monoisotopic (exact) mass is 378 g/mol. The molecule has 5 rings (SSSR count). The van der Waals surface area contributed by atoms with Crippen LogP contribution in [-0.2, 0) is 0 Å². The standard InChI is InChI=1S/C19H19FN8/c1-10(11-2-3-14-16(6-11)23-9-22-14)24-19-21-5-4-17(26-19)25-18-8-15(27-28-18)12-7-13(12)20/h2-6,8-10,12-13H,7H2,1H3,(H,22,23)(H3,21,24,25,26,27,28)/t10-,12+,13+/m0/s1. The predicted molar refractivity (Wildman–Crippen MR) is 104 cm³/mol. The van der Waals surface area contributed by atoms with Crippen LogP contribution in [0.4, 0.5) is 22.0 Å². The van der Waals surface area contributed by atoms with Gasteiger partial charge in [-0.1, -0.05) is 6.07 Å². The summed E-state index contributed by atoms with van der Waals surface area (Å²) in [6.07, 6.45) is 3.16. The summed E-state index contributed by atoms with van der Waals surface area (Å²) in [4.78, 5) is 16.1. The number of alkyl halides is 1. The fourth-order valence-electron chi connectivity index (χ4n) is 3.21. The Morgan fingerprint density at radius 1 is 1.18 bits per heavy atom. The first-order valence-electron chi connectivity index (χ1n) is 9.15. The minimum atomic E-state index is -0.759. The molecule has 3 aromatic heterocycles. The maximum atomic E-state index is 13.2. The van der Waals surface area contributed by atoms with E-state index in [0.29, 0.717) is 24.0 Å². The number of aromatic amines is 2. The van der Waals surface area contributed by atoms with E-state index in [4.69, 9.17) is 0 Å². The Bertz CT molecular complexity index is 1120. The van der Waals surface area contributed by atoms with Crippen LogP contribution in [-0.4, -0.2) is 36.3 Å². The molecule has 0 radical (unpaired) electrons. The minimum Gasteiger partial charge on any atom is -0.348 e. The second kappa shape index (κ2) is 6.59. The Kier molecular flexibility index (Phi) is 3.92. The molecule has 1 aliphatic carbocycles. The maximum Gasteiger partial charge on any atom is 0.225 e. The molecule has 1 aliphatic rings. The van der Waals surface area contributed by atoms with E-state index in [1.165, 1.54) is 0 Å². The smallest absolute Gasteiger partial charge is 0.225 e. The number of hydrogen-bond donors (Lipinski definition) is 4. The Morgan fingerprint density at radius 3 is 2.93 bits per heavy atom. The lowest BCUT2D eigenvalue weighted by Crippen LogP contribution is -2.10. The van der Waals surface area contributed by atoms with Gasteiger partial charge >= 0.3 is 0 Å². The van der Waals surface area contributed by atoms with Crippen LogP contribution >= 0.6 is 0 Å². The lowest BCUT2D eigenvalue weighted by atomic mass is 10.1. The third-order valence-corrected chi connectivity index (χ3v) is 4.91. The molecule has 0 aliphatic heterocycles. The summed E-state index contributed by atoms with van der Waals surface area (Å²) in [5.41, 5.74) is 3.83. The van der Waals surface area contributed by atoms with E-state index < -0.39 is 6.17 Å². The lowest BCUT2D eigenvalue weighted by Gasteiger charge is -2.14. The molecule has 4 aromatic rings. The molecular weight excluding hydrogens is 359 g/mol. The number of nitrogens with one attached hydrogen (secondary N) is 4. The highest BCUT2D eigenvalue weighted by Gasteiger charge is 2.40. The zero-order chi connectivity index (χ0) is 19.1. The van der Waals surface area contributed by atoms with E-state index >= 15 is 0 Å². The molecule has 0 unspecified atom stereocenters. The number of halogens is 1. The third kappa shape index (κ3) is 3.26. The predicted octanol–water partition coefficient (Wildman–Crippen LogP) is 3.82. The Labute approximate surface area is 160 Å². The number of H-pyrrole nitrogens is 2. The fraction of sp³-hybridized carbons (Fsp3) is 0.263. The van der Waals surface area contributed by atoms with Crippen molar-refractivity contribution in [2.75, 3.05) is 10.6 Å². The second-order valence-corrected chi connectivity index (χ2v) is 7.00. The van der Waals surface area contributed by atoms with Crippen molar-refractivity contribution in [1.82, 2.24) is 30.1 Å². The van der Waals surface area contributed by atoms with E-state index in [1.807, 2.05) is 25.1 Å². The van der Waals surface area contributed by atoms with Gasteiger partial charge in [-0.2, -0.15) is 10.1 Å². The number of fused-ring (bicyclic) bond motifs is 1. The van der Waals surface area contributed by atoms with Crippen molar-refractivity contribution < 1.29 is 4.39 Å². The van der Waals surface area contributed by atoms with Crippen molar-refractivity contribution in [3.63, 3.8) is 0 Å². The van der Waals surface area contributed by atoms with E-state index in [0.717, 1.165) is 22.3 Å². The SMILES string of the molecule is C[C@H](Nc1nccc(Nc2cc([C@@H]3C[C@H]3F)[nH]n2)n1)c1ccc2nc[nH]c2c1. The molecule has 0 bridgehead atoms. The number of hydrogen-bond acceptors (Lipinski definition) is 6. The van der Waals surface area contributed by atoms with Gasteiger partial charge in [0.15, 0.2) is 5.82 Å². The molecule has 28 heavy (non-hydrogen) atoms.